The molecule has 2 heterocycles. The summed E-state index contributed by atoms with van der Waals surface area (Å²) in [6, 6.07) is 2.90. The van der Waals surface area contributed by atoms with Gasteiger partial charge in [-0.1, -0.05) is 0 Å². The monoisotopic (exact) mass is 245 g/mol. The predicted octanol–water partition coefficient (Wildman–Crippen LogP) is 0.478. The van der Waals surface area contributed by atoms with Gasteiger partial charge in [-0.2, -0.15) is 0 Å². The fourth-order valence-corrected chi connectivity index (χ4v) is 1.31. The van der Waals surface area contributed by atoms with Gasteiger partial charge in [-0.25, -0.2) is 4.39 Å². The third-order valence-corrected chi connectivity index (χ3v) is 2.38. The molecule has 88 valence electrons. The van der Waals surface area contributed by atoms with Crippen LogP contribution in [0.1, 0.15) is 5.69 Å². The van der Waals surface area contributed by atoms with Crippen molar-refractivity contribution in [3.63, 3.8) is 0 Å². The topological polar surface area (TPSA) is 54.0 Å². The van der Waals surface area contributed by atoms with E-state index in [4.69, 9.17) is 0 Å². The number of nitrogens with zero attached hydrogens (tertiary/aromatic N) is 1. The zero-order valence-electron chi connectivity index (χ0n) is 8.57. The van der Waals surface area contributed by atoms with Crippen molar-refractivity contribution in [3.05, 3.63) is 29.8 Å². The molecule has 1 fully saturated rings. The summed E-state index contributed by atoms with van der Waals surface area (Å²) in [6.45, 7) is 1.83. The lowest BCUT2D eigenvalue weighted by atomic mass is 10.0. The van der Waals surface area contributed by atoms with E-state index in [-0.39, 0.29) is 30.0 Å². The van der Waals surface area contributed by atoms with E-state index in [2.05, 4.69) is 15.6 Å². The van der Waals surface area contributed by atoms with Gasteiger partial charge in [-0.3, -0.25) is 9.78 Å². The van der Waals surface area contributed by atoms with Gasteiger partial charge in [-0.15, -0.1) is 12.4 Å². The largest absolute Gasteiger partial charge is 0.350 e. The van der Waals surface area contributed by atoms with Gasteiger partial charge in [0.05, 0.1) is 24.4 Å². The minimum Gasteiger partial charge on any atom is -0.350 e. The highest BCUT2D eigenvalue weighted by Crippen LogP contribution is 2.03. The molecular weight excluding hydrogens is 233 g/mol. The number of hydrogen-bond donors (Lipinski definition) is 2. The highest BCUT2D eigenvalue weighted by atomic mass is 35.5. The highest BCUT2D eigenvalue weighted by Gasteiger charge is 2.24. The van der Waals surface area contributed by atoms with Gasteiger partial charge in [0, 0.05) is 13.1 Å². The van der Waals surface area contributed by atoms with Crippen LogP contribution in [-0.2, 0) is 11.3 Å². The van der Waals surface area contributed by atoms with Crippen LogP contribution in [0.15, 0.2) is 18.3 Å². The average molecular weight is 246 g/mol. The van der Waals surface area contributed by atoms with Crippen LogP contribution in [0.3, 0.4) is 0 Å². The Morgan fingerprint density at radius 2 is 2.31 bits per heavy atom. The number of amides is 1. The smallest absolute Gasteiger partial charge is 0.226 e. The van der Waals surface area contributed by atoms with Crippen molar-refractivity contribution in [1.29, 1.82) is 0 Å². The van der Waals surface area contributed by atoms with Crippen LogP contribution in [0.25, 0.3) is 0 Å². The molecule has 2 N–H and O–H groups in total. The normalized spacial score (nSPS) is 14.8. The van der Waals surface area contributed by atoms with Crippen LogP contribution >= 0.6 is 12.4 Å². The summed E-state index contributed by atoms with van der Waals surface area (Å²) < 4.78 is 12.5. The number of halogens is 2. The molecule has 1 aromatic heterocycles. The molecule has 1 amide bonds. The molecule has 1 saturated heterocycles. The maximum atomic E-state index is 12.5. The van der Waals surface area contributed by atoms with Gasteiger partial charge < -0.3 is 10.6 Å². The van der Waals surface area contributed by atoms with E-state index >= 15 is 0 Å². The first-order valence-corrected chi connectivity index (χ1v) is 4.84. The number of rotatable bonds is 3. The molecule has 0 radical (unpaired) electrons. The van der Waals surface area contributed by atoms with E-state index in [1.807, 2.05) is 0 Å². The summed E-state index contributed by atoms with van der Waals surface area (Å²) in [5, 5.41) is 5.78. The minimum absolute atomic E-state index is 0. The maximum absolute atomic E-state index is 12.5. The lowest BCUT2D eigenvalue weighted by molar-refractivity contribution is -0.126. The quantitative estimate of drug-likeness (QED) is 0.815. The summed E-state index contributed by atoms with van der Waals surface area (Å²) in [5.41, 5.74) is 0.664. The van der Waals surface area contributed by atoms with Crippen molar-refractivity contribution in [2.24, 2.45) is 5.92 Å². The first-order chi connectivity index (χ1) is 7.25. The summed E-state index contributed by atoms with van der Waals surface area (Å²) in [6.07, 6.45) is 1.15. The zero-order chi connectivity index (χ0) is 10.7. The second kappa shape index (κ2) is 5.77. The molecule has 2 rings (SSSR count). The number of carbonyl (C=O) groups excluding carboxylic acids is 1. The second-order valence-corrected chi connectivity index (χ2v) is 3.54. The molecule has 0 bridgehead atoms. The van der Waals surface area contributed by atoms with Gasteiger partial charge >= 0.3 is 0 Å². The molecule has 0 saturated carbocycles. The number of nitrogens with one attached hydrogen (secondary N) is 2. The summed E-state index contributed by atoms with van der Waals surface area (Å²) >= 11 is 0. The van der Waals surface area contributed by atoms with Crippen LogP contribution in [-0.4, -0.2) is 24.0 Å². The van der Waals surface area contributed by atoms with Crippen LogP contribution in [0.4, 0.5) is 4.39 Å². The van der Waals surface area contributed by atoms with E-state index < -0.39 is 0 Å². The maximum Gasteiger partial charge on any atom is 0.226 e. The molecule has 1 aliphatic heterocycles. The average Bonchev–Trinajstić information content (AvgIpc) is 2.14. The Morgan fingerprint density at radius 3 is 2.81 bits per heavy atom. The molecule has 0 aliphatic carbocycles. The number of aromatic nitrogens is 1. The summed E-state index contributed by atoms with van der Waals surface area (Å²) in [4.78, 5) is 15.3. The van der Waals surface area contributed by atoms with E-state index in [0.717, 1.165) is 19.3 Å². The van der Waals surface area contributed by atoms with Crippen molar-refractivity contribution < 1.29 is 9.18 Å². The molecule has 16 heavy (non-hydrogen) atoms. The fraction of sp³-hybridized carbons (Fsp3) is 0.400. The van der Waals surface area contributed by atoms with Crippen LogP contribution in [0.2, 0.25) is 0 Å². The highest BCUT2D eigenvalue weighted by molar-refractivity contribution is 5.85. The van der Waals surface area contributed by atoms with Crippen LogP contribution in [0, 0.1) is 11.7 Å². The molecule has 1 aromatic rings. The van der Waals surface area contributed by atoms with Gasteiger partial charge in [0.2, 0.25) is 5.91 Å². The standard InChI is InChI=1S/C10H12FN3O.ClH/c11-8-1-2-9(13-5-8)6-14-10(15)7-3-12-4-7;/h1-2,5,7,12H,3-4,6H2,(H,14,15);1H. The van der Waals surface area contributed by atoms with Gasteiger partial charge in [-0.05, 0) is 12.1 Å². The van der Waals surface area contributed by atoms with Crippen molar-refractivity contribution in [2.75, 3.05) is 13.1 Å². The van der Waals surface area contributed by atoms with Crippen molar-refractivity contribution in [1.82, 2.24) is 15.6 Å². The molecule has 0 aromatic carbocycles. The van der Waals surface area contributed by atoms with Crippen molar-refractivity contribution in [2.45, 2.75) is 6.54 Å². The van der Waals surface area contributed by atoms with E-state index in [9.17, 15) is 9.18 Å². The molecule has 0 unspecified atom stereocenters. The fourth-order valence-electron chi connectivity index (χ4n) is 1.31. The predicted molar refractivity (Wildman–Crippen MR) is 59.6 cm³/mol. The summed E-state index contributed by atoms with van der Waals surface area (Å²) in [5.74, 6) is -0.265. The second-order valence-electron chi connectivity index (χ2n) is 3.54. The van der Waals surface area contributed by atoms with Crippen molar-refractivity contribution in [3.8, 4) is 0 Å². The number of carbonyl (C=O) groups is 1. The first kappa shape index (κ1) is 12.9. The Hall–Kier alpha value is -1.20. The SMILES string of the molecule is Cl.O=C(NCc1ccc(F)cn1)C1CNC1. The number of hydrogen-bond acceptors (Lipinski definition) is 3. The molecule has 6 heteroatoms. The third-order valence-electron chi connectivity index (χ3n) is 2.38. The molecule has 1 aliphatic rings. The van der Waals surface area contributed by atoms with Crippen molar-refractivity contribution >= 4 is 18.3 Å². The Kier molecular flexibility index (Phi) is 4.64. The van der Waals surface area contributed by atoms with Crippen LogP contribution < -0.4 is 10.6 Å². The van der Waals surface area contributed by atoms with Crippen LogP contribution in [0.5, 0.6) is 0 Å². The van der Waals surface area contributed by atoms with Gasteiger partial charge in [0.15, 0.2) is 0 Å². The molecule has 4 nitrogen and oxygen atoms in total. The molecular formula is C10H13ClFN3O. The third kappa shape index (κ3) is 3.15. The van der Waals surface area contributed by atoms with E-state index in [1.54, 1.807) is 6.07 Å². The zero-order valence-corrected chi connectivity index (χ0v) is 9.39. The van der Waals surface area contributed by atoms with E-state index in [0.29, 0.717) is 12.2 Å². The first-order valence-electron chi connectivity index (χ1n) is 4.84. The Labute approximate surface area is 99.0 Å². The summed E-state index contributed by atoms with van der Waals surface area (Å²) in [7, 11) is 0. The number of pyridine rings is 1. The molecule has 0 spiro atoms. The molecule has 0 atom stereocenters. The van der Waals surface area contributed by atoms with Gasteiger partial charge in [0.1, 0.15) is 5.82 Å². The Balaban J connectivity index is 0.00000128. The Morgan fingerprint density at radius 1 is 1.56 bits per heavy atom. The minimum atomic E-state index is -0.367. The lowest BCUT2D eigenvalue weighted by Crippen LogP contribution is -2.50. The lowest BCUT2D eigenvalue weighted by Gasteiger charge is -2.25. The Bertz CT molecular complexity index is 354. The van der Waals surface area contributed by atoms with Gasteiger partial charge in [0.25, 0.3) is 0 Å². The van der Waals surface area contributed by atoms with E-state index in [1.165, 1.54) is 6.07 Å².